The second kappa shape index (κ2) is 5.70. The molecule has 3 N–H and O–H groups in total. The van der Waals surface area contributed by atoms with Crippen molar-refractivity contribution in [3.05, 3.63) is 22.5 Å². The van der Waals surface area contributed by atoms with Gasteiger partial charge in [-0.3, -0.25) is 0 Å². The average molecular weight is 302 g/mol. The van der Waals surface area contributed by atoms with Crippen molar-refractivity contribution in [3.63, 3.8) is 0 Å². The van der Waals surface area contributed by atoms with Gasteiger partial charge in [-0.1, -0.05) is 0 Å². The molecule has 1 aliphatic heterocycles. The summed E-state index contributed by atoms with van der Waals surface area (Å²) in [7, 11) is 1.66. The predicted molar refractivity (Wildman–Crippen MR) is 86.3 cm³/mol. The van der Waals surface area contributed by atoms with Crippen LogP contribution in [0, 0.1) is 20.8 Å². The van der Waals surface area contributed by atoms with Crippen LogP contribution in [0.15, 0.2) is 0 Å². The van der Waals surface area contributed by atoms with E-state index in [9.17, 15) is 0 Å². The second-order valence-corrected chi connectivity index (χ2v) is 5.64. The Morgan fingerprint density at radius 1 is 1.23 bits per heavy atom. The summed E-state index contributed by atoms with van der Waals surface area (Å²) in [4.78, 5) is 8.86. The van der Waals surface area contributed by atoms with Crippen LogP contribution in [0.2, 0.25) is 0 Å². The molecule has 2 aromatic rings. The fourth-order valence-corrected chi connectivity index (χ4v) is 3.16. The Kier molecular flexibility index (Phi) is 3.88. The third kappa shape index (κ3) is 2.28. The number of methoxy groups -OCH3 is 1. The van der Waals surface area contributed by atoms with Gasteiger partial charge in [0.05, 0.1) is 19.8 Å². The highest BCUT2D eigenvalue weighted by Gasteiger charge is 2.27. The summed E-state index contributed by atoms with van der Waals surface area (Å²) in [5, 5.41) is 4.23. The average Bonchev–Trinajstić information content (AvgIpc) is 2.50. The number of anilines is 1. The topological polar surface area (TPSA) is 82.3 Å². The molecule has 1 unspecified atom stereocenters. The minimum absolute atomic E-state index is 0.0386. The standard InChI is InChI=1S/C16H22N4O2/c1-8-9(2)13-14(19-10(3)20-16(13)17)15(21-4)12(8)11-7-18-5-6-22-11/h11,18H,5-7H2,1-4H3,(H2,17,19,20). The van der Waals surface area contributed by atoms with E-state index in [1.54, 1.807) is 7.11 Å². The molecule has 1 aromatic heterocycles. The number of hydrogen-bond acceptors (Lipinski definition) is 6. The van der Waals surface area contributed by atoms with Gasteiger partial charge >= 0.3 is 0 Å². The molecule has 0 aliphatic carbocycles. The van der Waals surface area contributed by atoms with Gasteiger partial charge < -0.3 is 20.5 Å². The highest BCUT2D eigenvalue weighted by atomic mass is 16.5. The molecule has 6 heteroatoms. The summed E-state index contributed by atoms with van der Waals surface area (Å²) in [6.07, 6.45) is -0.0386. The summed E-state index contributed by atoms with van der Waals surface area (Å²) >= 11 is 0. The van der Waals surface area contributed by atoms with Crippen LogP contribution in [0.3, 0.4) is 0 Å². The normalized spacial score (nSPS) is 18.6. The molecule has 1 saturated heterocycles. The van der Waals surface area contributed by atoms with Gasteiger partial charge in [0.15, 0.2) is 5.75 Å². The van der Waals surface area contributed by atoms with Gasteiger partial charge in [-0.05, 0) is 31.9 Å². The van der Waals surface area contributed by atoms with Crippen LogP contribution in [0.4, 0.5) is 5.82 Å². The Labute approximate surface area is 130 Å². The molecular formula is C16H22N4O2. The molecule has 0 radical (unpaired) electrons. The number of nitrogen functional groups attached to an aromatic ring is 1. The maximum Gasteiger partial charge on any atom is 0.151 e. The highest BCUT2D eigenvalue weighted by molar-refractivity contribution is 5.97. The van der Waals surface area contributed by atoms with E-state index in [1.165, 1.54) is 0 Å². The lowest BCUT2D eigenvalue weighted by molar-refractivity contribution is 0.0259. The molecule has 1 aliphatic rings. The number of hydrogen-bond donors (Lipinski definition) is 2. The van der Waals surface area contributed by atoms with Gasteiger partial charge in [0.2, 0.25) is 0 Å². The Hall–Kier alpha value is -1.92. The first-order valence-electron chi connectivity index (χ1n) is 7.47. The van der Waals surface area contributed by atoms with E-state index in [2.05, 4.69) is 22.2 Å². The largest absolute Gasteiger partial charge is 0.494 e. The summed E-state index contributed by atoms with van der Waals surface area (Å²) in [5.41, 5.74) is 10.1. The zero-order valence-corrected chi connectivity index (χ0v) is 13.5. The van der Waals surface area contributed by atoms with Crippen molar-refractivity contribution in [2.75, 3.05) is 32.5 Å². The van der Waals surface area contributed by atoms with E-state index in [0.717, 1.165) is 46.4 Å². The predicted octanol–water partition coefficient (Wildman–Crippen LogP) is 1.81. The Bertz CT molecular complexity index is 724. The van der Waals surface area contributed by atoms with Gasteiger partial charge in [-0.25, -0.2) is 9.97 Å². The van der Waals surface area contributed by atoms with Gasteiger partial charge in [-0.15, -0.1) is 0 Å². The van der Waals surface area contributed by atoms with Gasteiger partial charge in [0.25, 0.3) is 0 Å². The molecule has 6 nitrogen and oxygen atoms in total. The number of aromatic nitrogens is 2. The molecule has 0 amide bonds. The van der Waals surface area contributed by atoms with Crippen molar-refractivity contribution in [2.45, 2.75) is 26.9 Å². The third-order valence-corrected chi connectivity index (χ3v) is 4.30. The van der Waals surface area contributed by atoms with Crippen molar-refractivity contribution in [1.82, 2.24) is 15.3 Å². The fraction of sp³-hybridized carbons (Fsp3) is 0.500. The highest BCUT2D eigenvalue weighted by Crippen LogP contribution is 2.41. The zero-order valence-electron chi connectivity index (χ0n) is 13.5. The number of nitrogens with two attached hydrogens (primary N) is 1. The number of nitrogens with zero attached hydrogens (tertiary/aromatic N) is 2. The molecule has 2 heterocycles. The van der Waals surface area contributed by atoms with Crippen molar-refractivity contribution < 1.29 is 9.47 Å². The Morgan fingerprint density at radius 3 is 2.64 bits per heavy atom. The van der Waals surface area contributed by atoms with Crippen LogP contribution >= 0.6 is 0 Å². The summed E-state index contributed by atoms with van der Waals surface area (Å²) < 4.78 is 11.6. The van der Waals surface area contributed by atoms with E-state index in [4.69, 9.17) is 15.2 Å². The molecule has 118 valence electrons. The minimum atomic E-state index is -0.0386. The van der Waals surface area contributed by atoms with Crippen molar-refractivity contribution in [2.24, 2.45) is 0 Å². The lowest BCUT2D eigenvalue weighted by atomic mass is 9.93. The summed E-state index contributed by atoms with van der Waals surface area (Å²) in [5.74, 6) is 1.87. The first-order valence-corrected chi connectivity index (χ1v) is 7.47. The maximum atomic E-state index is 6.13. The fourth-order valence-electron chi connectivity index (χ4n) is 3.16. The SMILES string of the molecule is COc1c(C2CNCCO2)c(C)c(C)c2c(N)nc(C)nc12. The molecule has 1 aromatic carbocycles. The Morgan fingerprint density at radius 2 is 2.00 bits per heavy atom. The van der Waals surface area contributed by atoms with Crippen LogP contribution in [0.5, 0.6) is 5.75 Å². The summed E-state index contributed by atoms with van der Waals surface area (Å²) in [6.45, 7) is 8.29. The zero-order chi connectivity index (χ0) is 15.9. The van der Waals surface area contributed by atoms with Crippen LogP contribution in [-0.2, 0) is 4.74 Å². The molecule has 0 saturated carbocycles. The lowest BCUT2D eigenvalue weighted by Crippen LogP contribution is -2.34. The molecular weight excluding hydrogens is 280 g/mol. The molecule has 0 bridgehead atoms. The van der Waals surface area contributed by atoms with E-state index in [0.29, 0.717) is 18.2 Å². The number of ether oxygens (including phenoxy) is 2. The van der Waals surface area contributed by atoms with Crippen molar-refractivity contribution in [3.8, 4) is 5.75 Å². The molecule has 3 rings (SSSR count). The first-order chi connectivity index (χ1) is 10.5. The van der Waals surface area contributed by atoms with E-state index >= 15 is 0 Å². The van der Waals surface area contributed by atoms with Crippen LogP contribution in [0.25, 0.3) is 10.9 Å². The van der Waals surface area contributed by atoms with Crippen LogP contribution < -0.4 is 15.8 Å². The summed E-state index contributed by atoms with van der Waals surface area (Å²) in [6, 6.07) is 0. The Balaban J connectivity index is 2.34. The van der Waals surface area contributed by atoms with Crippen LogP contribution in [-0.4, -0.2) is 36.8 Å². The van der Waals surface area contributed by atoms with Crippen LogP contribution in [0.1, 0.15) is 28.6 Å². The maximum absolute atomic E-state index is 6.13. The number of morpholine rings is 1. The van der Waals surface area contributed by atoms with Gasteiger partial charge in [0.1, 0.15) is 17.2 Å². The lowest BCUT2D eigenvalue weighted by Gasteiger charge is -2.28. The van der Waals surface area contributed by atoms with E-state index in [-0.39, 0.29) is 6.10 Å². The van der Waals surface area contributed by atoms with Gasteiger partial charge in [0, 0.05) is 24.0 Å². The van der Waals surface area contributed by atoms with E-state index < -0.39 is 0 Å². The van der Waals surface area contributed by atoms with Crippen molar-refractivity contribution >= 4 is 16.7 Å². The number of benzene rings is 1. The van der Waals surface area contributed by atoms with Crippen molar-refractivity contribution in [1.29, 1.82) is 0 Å². The molecule has 0 spiro atoms. The number of fused-ring (bicyclic) bond motifs is 1. The number of rotatable bonds is 2. The second-order valence-electron chi connectivity index (χ2n) is 5.64. The number of nitrogens with one attached hydrogen (secondary N) is 1. The smallest absolute Gasteiger partial charge is 0.151 e. The molecule has 22 heavy (non-hydrogen) atoms. The first kappa shape index (κ1) is 15.0. The molecule has 1 atom stereocenters. The monoisotopic (exact) mass is 302 g/mol. The van der Waals surface area contributed by atoms with E-state index in [1.807, 2.05) is 13.8 Å². The number of aryl methyl sites for hydroxylation is 2. The van der Waals surface area contributed by atoms with Gasteiger partial charge in [-0.2, -0.15) is 0 Å². The minimum Gasteiger partial charge on any atom is -0.494 e. The molecule has 1 fully saturated rings. The third-order valence-electron chi connectivity index (χ3n) is 4.30. The quantitative estimate of drug-likeness (QED) is 0.880.